The summed E-state index contributed by atoms with van der Waals surface area (Å²) < 4.78 is 5.87. The highest BCUT2D eigenvalue weighted by Gasteiger charge is 2.26. The van der Waals surface area contributed by atoms with Crippen LogP contribution in [-0.4, -0.2) is 37.0 Å². The summed E-state index contributed by atoms with van der Waals surface area (Å²) in [7, 11) is 2.22. The van der Waals surface area contributed by atoms with Crippen molar-refractivity contribution in [2.24, 2.45) is 0 Å². The minimum atomic E-state index is 0.0864. The molecule has 1 aliphatic heterocycles. The van der Waals surface area contributed by atoms with Crippen molar-refractivity contribution in [3.8, 4) is 5.75 Å². The van der Waals surface area contributed by atoms with Crippen molar-refractivity contribution in [1.82, 2.24) is 4.90 Å². The van der Waals surface area contributed by atoms with Gasteiger partial charge in [0.2, 0.25) is 6.41 Å². The van der Waals surface area contributed by atoms with E-state index in [1.54, 1.807) is 0 Å². The SMILES string of the molecule is CC[C@H]1C[C@@H](c2ccc(NC=O)c(OC(C)C)c2)CCN1C. The number of hydrogen-bond donors (Lipinski definition) is 1. The summed E-state index contributed by atoms with van der Waals surface area (Å²) in [5, 5.41) is 2.72. The molecule has 2 atom stereocenters. The lowest BCUT2D eigenvalue weighted by Gasteiger charge is -2.37. The van der Waals surface area contributed by atoms with Gasteiger partial charge >= 0.3 is 0 Å². The smallest absolute Gasteiger partial charge is 0.211 e. The van der Waals surface area contributed by atoms with Crippen LogP contribution in [0.25, 0.3) is 0 Å². The topological polar surface area (TPSA) is 41.6 Å². The zero-order valence-corrected chi connectivity index (χ0v) is 14.1. The number of anilines is 1. The number of nitrogens with zero attached hydrogens (tertiary/aromatic N) is 1. The van der Waals surface area contributed by atoms with E-state index in [0.29, 0.717) is 18.4 Å². The molecule has 1 aromatic rings. The molecular weight excluding hydrogens is 276 g/mol. The number of piperidine rings is 1. The highest BCUT2D eigenvalue weighted by atomic mass is 16.5. The second kappa shape index (κ2) is 7.63. The van der Waals surface area contributed by atoms with E-state index >= 15 is 0 Å². The number of rotatable bonds is 6. The number of carbonyl (C=O) groups excluding carboxylic acids is 1. The van der Waals surface area contributed by atoms with Gasteiger partial charge in [-0.25, -0.2) is 0 Å². The van der Waals surface area contributed by atoms with E-state index in [2.05, 4.69) is 36.3 Å². The molecule has 1 saturated heterocycles. The fraction of sp³-hybridized carbons (Fsp3) is 0.611. The Labute approximate surface area is 133 Å². The number of benzene rings is 1. The Kier molecular flexibility index (Phi) is 5.83. The molecule has 4 nitrogen and oxygen atoms in total. The summed E-state index contributed by atoms with van der Waals surface area (Å²) in [5.74, 6) is 1.34. The molecule has 0 unspecified atom stereocenters. The second-order valence-corrected chi connectivity index (χ2v) is 6.45. The van der Waals surface area contributed by atoms with Crippen LogP contribution in [0.3, 0.4) is 0 Å². The summed E-state index contributed by atoms with van der Waals surface area (Å²) in [6.07, 6.45) is 4.34. The first kappa shape index (κ1) is 16.8. The molecule has 2 rings (SSSR count). The predicted octanol–water partition coefficient (Wildman–Crippen LogP) is 3.63. The van der Waals surface area contributed by atoms with Gasteiger partial charge in [0.15, 0.2) is 0 Å². The van der Waals surface area contributed by atoms with Crippen molar-refractivity contribution in [2.75, 3.05) is 18.9 Å². The third kappa shape index (κ3) is 4.01. The van der Waals surface area contributed by atoms with Crippen LogP contribution in [0.1, 0.15) is 51.5 Å². The van der Waals surface area contributed by atoms with Crippen LogP contribution in [0.15, 0.2) is 18.2 Å². The minimum absolute atomic E-state index is 0.0864. The van der Waals surface area contributed by atoms with Gasteiger partial charge < -0.3 is 15.0 Å². The Morgan fingerprint density at radius 2 is 2.23 bits per heavy atom. The van der Waals surface area contributed by atoms with Gasteiger partial charge in [-0.3, -0.25) is 4.79 Å². The van der Waals surface area contributed by atoms with Crippen LogP contribution in [-0.2, 0) is 4.79 Å². The number of likely N-dealkylation sites (tertiary alicyclic amines) is 1. The van der Waals surface area contributed by atoms with Gasteiger partial charge in [0, 0.05) is 6.04 Å². The third-order valence-corrected chi connectivity index (χ3v) is 4.54. The Morgan fingerprint density at radius 1 is 1.45 bits per heavy atom. The average molecular weight is 304 g/mol. The zero-order chi connectivity index (χ0) is 16.1. The molecule has 1 fully saturated rings. The summed E-state index contributed by atoms with van der Waals surface area (Å²) in [6.45, 7) is 7.39. The van der Waals surface area contributed by atoms with Crippen molar-refractivity contribution in [2.45, 2.75) is 58.1 Å². The maximum absolute atomic E-state index is 10.7. The van der Waals surface area contributed by atoms with Crippen molar-refractivity contribution in [3.63, 3.8) is 0 Å². The molecule has 4 heteroatoms. The Morgan fingerprint density at radius 3 is 2.86 bits per heavy atom. The minimum Gasteiger partial charge on any atom is -0.489 e. The van der Waals surface area contributed by atoms with Crippen LogP contribution in [0.5, 0.6) is 5.75 Å². The molecule has 0 spiro atoms. The zero-order valence-electron chi connectivity index (χ0n) is 14.1. The van der Waals surface area contributed by atoms with Gasteiger partial charge in [-0.15, -0.1) is 0 Å². The monoisotopic (exact) mass is 304 g/mol. The van der Waals surface area contributed by atoms with Crippen molar-refractivity contribution < 1.29 is 9.53 Å². The first-order valence-electron chi connectivity index (χ1n) is 8.26. The molecule has 0 radical (unpaired) electrons. The van der Waals surface area contributed by atoms with Gasteiger partial charge in [-0.2, -0.15) is 0 Å². The number of nitrogens with one attached hydrogen (secondary N) is 1. The summed E-state index contributed by atoms with van der Waals surface area (Å²) >= 11 is 0. The largest absolute Gasteiger partial charge is 0.489 e. The summed E-state index contributed by atoms with van der Waals surface area (Å²) in [5.41, 5.74) is 2.06. The van der Waals surface area contributed by atoms with E-state index in [9.17, 15) is 4.79 Å². The number of hydrogen-bond acceptors (Lipinski definition) is 3. The van der Waals surface area contributed by atoms with Gasteiger partial charge in [-0.05, 0) is 70.3 Å². The predicted molar refractivity (Wildman–Crippen MR) is 90.6 cm³/mol. The maximum Gasteiger partial charge on any atom is 0.211 e. The molecule has 0 aromatic heterocycles. The van der Waals surface area contributed by atoms with Crippen molar-refractivity contribution >= 4 is 12.1 Å². The lowest BCUT2D eigenvalue weighted by Crippen LogP contribution is -2.38. The Hall–Kier alpha value is -1.55. The molecule has 1 aromatic carbocycles. The quantitative estimate of drug-likeness (QED) is 0.816. The van der Waals surface area contributed by atoms with Crippen LogP contribution in [0, 0.1) is 0 Å². The van der Waals surface area contributed by atoms with E-state index in [1.807, 2.05) is 19.9 Å². The normalized spacial score (nSPS) is 22.6. The molecule has 122 valence electrons. The molecule has 0 aliphatic carbocycles. The lowest BCUT2D eigenvalue weighted by molar-refractivity contribution is -0.105. The molecule has 1 N–H and O–H groups in total. The first-order valence-corrected chi connectivity index (χ1v) is 8.26. The van der Waals surface area contributed by atoms with E-state index in [0.717, 1.165) is 18.0 Å². The molecule has 22 heavy (non-hydrogen) atoms. The fourth-order valence-electron chi connectivity index (χ4n) is 3.28. The number of carbonyl (C=O) groups is 1. The molecule has 1 amide bonds. The molecule has 0 saturated carbocycles. The Balaban J connectivity index is 2.22. The highest BCUT2D eigenvalue weighted by molar-refractivity contribution is 5.75. The van der Waals surface area contributed by atoms with Gasteiger partial charge in [0.25, 0.3) is 0 Å². The van der Waals surface area contributed by atoms with Crippen LogP contribution in [0.2, 0.25) is 0 Å². The van der Waals surface area contributed by atoms with E-state index < -0.39 is 0 Å². The van der Waals surface area contributed by atoms with E-state index in [-0.39, 0.29) is 6.10 Å². The van der Waals surface area contributed by atoms with E-state index in [1.165, 1.54) is 24.8 Å². The lowest BCUT2D eigenvalue weighted by atomic mass is 9.84. The number of amides is 1. The van der Waals surface area contributed by atoms with Gasteiger partial charge in [-0.1, -0.05) is 13.0 Å². The van der Waals surface area contributed by atoms with Crippen molar-refractivity contribution in [3.05, 3.63) is 23.8 Å². The van der Waals surface area contributed by atoms with Gasteiger partial charge in [0.1, 0.15) is 5.75 Å². The van der Waals surface area contributed by atoms with E-state index in [4.69, 9.17) is 4.74 Å². The summed E-state index contributed by atoms with van der Waals surface area (Å²) in [6, 6.07) is 6.85. The third-order valence-electron chi connectivity index (χ3n) is 4.54. The fourth-order valence-corrected chi connectivity index (χ4v) is 3.28. The second-order valence-electron chi connectivity index (χ2n) is 6.45. The summed E-state index contributed by atoms with van der Waals surface area (Å²) in [4.78, 5) is 13.2. The van der Waals surface area contributed by atoms with Crippen molar-refractivity contribution in [1.29, 1.82) is 0 Å². The van der Waals surface area contributed by atoms with Crippen LogP contribution >= 0.6 is 0 Å². The Bertz CT molecular complexity index is 502. The van der Waals surface area contributed by atoms with Gasteiger partial charge in [0.05, 0.1) is 11.8 Å². The first-order chi connectivity index (χ1) is 10.5. The molecule has 1 heterocycles. The molecule has 1 aliphatic rings. The molecular formula is C18H28N2O2. The molecule has 0 bridgehead atoms. The van der Waals surface area contributed by atoms with Crippen LogP contribution < -0.4 is 10.1 Å². The van der Waals surface area contributed by atoms with Crippen LogP contribution in [0.4, 0.5) is 5.69 Å². The average Bonchev–Trinajstić information content (AvgIpc) is 2.49. The maximum atomic E-state index is 10.7. The standard InChI is InChI=1S/C18H28N2O2/c1-5-16-10-15(8-9-20(16)4)14-6-7-17(19-12-21)18(11-14)22-13(2)3/h6-7,11-13,15-16H,5,8-10H2,1-4H3,(H,19,21)/t15-,16-/m0/s1. The highest BCUT2D eigenvalue weighted by Crippen LogP contribution is 2.36. The number of ether oxygens (including phenoxy) is 1.